The van der Waals surface area contributed by atoms with Crippen molar-refractivity contribution in [2.75, 3.05) is 18.1 Å². The Morgan fingerprint density at radius 2 is 1.62 bits per heavy atom. The van der Waals surface area contributed by atoms with Crippen molar-refractivity contribution in [1.29, 1.82) is 0 Å². The Morgan fingerprint density at radius 3 is 2.16 bits per heavy atom. The number of benzene rings is 1. The Kier molecular flexibility index (Phi) is 11.2. The summed E-state index contributed by atoms with van der Waals surface area (Å²) in [6.07, 6.45) is 3.97. The third-order valence-electron chi connectivity index (χ3n) is 6.25. The number of hydrogen-bond donors (Lipinski definition) is 0. The molecule has 2 heterocycles. The predicted molar refractivity (Wildman–Crippen MR) is 173 cm³/mol. The lowest BCUT2D eigenvalue weighted by atomic mass is 9.93. The molecule has 1 atom stereocenters. The lowest BCUT2D eigenvalue weighted by molar-refractivity contribution is -0.137. The normalized spacial score (nSPS) is 12.7. The van der Waals surface area contributed by atoms with E-state index in [9.17, 15) is 14.4 Å². The van der Waals surface area contributed by atoms with E-state index >= 15 is 0 Å². The van der Waals surface area contributed by atoms with Gasteiger partial charge in [0.1, 0.15) is 28.3 Å². The number of ether oxygens (including phenoxy) is 4. The fourth-order valence-corrected chi connectivity index (χ4v) is 4.89. The van der Waals surface area contributed by atoms with Crippen LogP contribution in [0.25, 0.3) is 11.6 Å². The van der Waals surface area contributed by atoms with Crippen molar-refractivity contribution >= 4 is 58.8 Å². The van der Waals surface area contributed by atoms with Crippen molar-refractivity contribution in [2.24, 2.45) is 0 Å². The third kappa shape index (κ3) is 8.46. The van der Waals surface area contributed by atoms with Gasteiger partial charge >= 0.3 is 18.2 Å². The van der Waals surface area contributed by atoms with Crippen LogP contribution in [0.4, 0.5) is 15.4 Å². The molecule has 3 aromatic rings. The van der Waals surface area contributed by atoms with Crippen LogP contribution in [0.3, 0.4) is 0 Å². The molecule has 13 heteroatoms. The minimum Gasteiger partial charge on any atom is -0.493 e. The summed E-state index contributed by atoms with van der Waals surface area (Å²) in [6.45, 7) is 17.9. The monoisotopic (exact) mass is 662 g/mol. The van der Waals surface area contributed by atoms with E-state index in [-0.39, 0.29) is 23.1 Å². The highest BCUT2D eigenvalue weighted by Crippen LogP contribution is 2.41. The summed E-state index contributed by atoms with van der Waals surface area (Å²) in [5.41, 5.74) is 0.303. The minimum atomic E-state index is -0.994. The second-order valence-electron chi connectivity index (χ2n) is 12.1. The Bertz CT molecular complexity index is 1590. The third-order valence-corrected chi connectivity index (χ3v) is 6.91. The fraction of sp³-hybridized carbons (Fsp3) is 0.469. The smallest absolute Gasteiger partial charge is 0.425 e. The molecule has 2 aromatic heterocycles. The van der Waals surface area contributed by atoms with Crippen molar-refractivity contribution in [2.45, 2.75) is 86.4 Å². The molecule has 0 N–H and O–H groups in total. The van der Waals surface area contributed by atoms with Crippen LogP contribution in [0.2, 0.25) is 10.2 Å². The molecule has 45 heavy (non-hydrogen) atoms. The number of imidazole rings is 1. The summed E-state index contributed by atoms with van der Waals surface area (Å²) >= 11 is 13.4. The number of rotatable bonds is 8. The number of amides is 2. The largest absolute Gasteiger partial charge is 0.493 e. The standard InChI is InChI=1S/C32H40Cl2N4O7/c1-11-42-23(39)14-13-20-18(3)22(33)17-21(25(20)43-12-2)19(4)27-36-26(34)24-28(35-15-16-37(24)27)38(29(40)44-31(5,6)7)30(41)45-32(8,9)10/h13-17,19H,11-12H2,1-10H3/b14-13+. The van der Waals surface area contributed by atoms with Crippen LogP contribution in [-0.4, -0.2) is 56.9 Å². The summed E-state index contributed by atoms with van der Waals surface area (Å²) in [6, 6.07) is 1.78. The topological polar surface area (TPSA) is 122 Å². The lowest BCUT2D eigenvalue weighted by Gasteiger charge is -2.28. The van der Waals surface area contributed by atoms with Crippen LogP contribution >= 0.6 is 23.2 Å². The number of nitrogens with zero attached hydrogens (tertiary/aromatic N) is 4. The number of anilines is 1. The van der Waals surface area contributed by atoms with E-state index in [2.05, 4.69) is 9.97 Å². The molecule has 1 aromatic carbocycles. The second-order valence-corrected chi connectivity index (χ2v) is 12.8. The maximum atomic E-state index is 13.4. The zero-order chi connectivity index (χ0) is 33.9. The van der Waals surface area contributed by atoms with Gasteiger partial charge in [-0.2, -0.15) is 4.90 Å². The van der Waals surface area contributed by atoms with E-state index < -0.39 is 35.3 Å². The first-order valence-corrected chi connectivity index (χ1v) is 15.2. The van der Waals surface area contributed by atoms with Gasteiger partial charge in [0.2, 0.25) is 0 Å². The van der Waals surface area contributed by atoms with E-state index in [4.69, 9.17) is 42.1 Å². The number of esters is 1. The molecule has 0 aliphatic rings. The molecule has 0 spiro atoms. The Balaban J connectivity index is 2.25. The maximum absolute atomic E-state index is 13.4. The zero-order valence-corrected chi connectivity index (χ0v) is 28.8. The number of halogens is 2. The molecule has 11 nitrogen and oxygen atoms in total. The molecule has 1 unspecified atom stereocenters. The Morgan fingerprint density at radius 1 is 1.02 bits per heavy atom. The van der Waals surface area contributed by atoms with Crippen LogP contribution < -0.4 is 9.64 Å². The van der Waals surface area contributed by atoms with E-state index in [1.54, 1.807) is 71.2 Å². The molecule has 0 aliphatic carbocycles. The van der Waals surface area contributed by atoms with Crippen molar-refractivity contribution in [3.8, 4) is 5.75 Å². The number of hydrogen-bond acceptors (Lipinski definition) is 9. The van der Waals surface area contributed by atoms with Gasteiger partial charge in [0.05, 0.1) is 13.2 Å². The Labute approximate surface area is 273 Å². The van der Waals surface area contributed by atoms with E-state index in [0.29, 0.717) is 44.8 Å². The quantitative estimate of drug-likeness (QED) is 0.134. The van der Waals surface area contributed by atoms with Crippen molar-refractivity contribution in [3.05, 3.63) is 57.2 Å². The van der Waals surface area contributed by atoms with Gasteiger partial charge in [0.25, 0.3) is 0 Å². The highest BCUT2D eigenvalue weighted by atomic mass is 35.5. The van der Waals surface area contributed by atoms with Gasteiger partial charge in [-0.3, -0.25) is 4.40 Å². The first-order valence-electron chi connectivity index (χ1n) is 14.5. The van der Waals surface area contributed by atoms with Crippen LogP contribution in [0.5, 0.6) is 5.75 Å². The van der Waals surface area contributed by atoms with Crippen LogP contribution in [-0.2, 0) is 19.0 Å². The molecule has 3 rings (SSSR count). The SMILES string of the molecule is CCOC(=O)/C=C/c1c(C)c(Cl)cc(C(C)c2nc(Cl)c3c(N(C(=O)OC(C)(C)C)C(=O)OC(C)(C)C)nccn23)c1OCC. The molecular weight excluding hydrogens is 623 g/mol. The minimum absolute atomic E-state index is 0.0179. The number of fused-ring (bicyclic) bond motifs is 1. The summed E-state index contributed by atoms with van der Waals surface area (Å²) in [5.74, 6) is -0.181. The lowest BCUT2D eigenvalue weighted by Crippen LogP contribution is -2.44. The Hall–Kier alpha value is -3.83. The van der Waals surface area contributed by atoms with Gasteiger partial charge in [-0.1, -0.05) is 30.1 Å². The maximum Gasteiger partial charge on any atom is 0.425 e. The van der Waals surface area contributed by atoms with Gasteiger partial charge in [-0.25, -0.2) is 24.4 Å². The zero-order valence-electron chi connectivity index (χ0n) is 27.3. The van der Waals surface area contributed by atoms with Crippen LogP contribution in [0.15, 0.2) is 24.5 Å². The van der Waals surface area contributed by atoms with Crippen molar-refractivity contribution in [1.82, 2.24) is 14.4 Å². The molecular formula is C32H40Cl2N4O7. The molecule has 0 radical (unpaired) electrons. The summed E-state index contributed by atoms with van der Waals surface area (Å²) in [5, 5.41) is 0.426. The number of aromatic nitrogens is 3. The predicted octanol–water partition coefficient (Wildman–Crippen LogP) is 8.15. The number of carbonyl (C=O) groups excluding carboxylic acids is 3. The molecule has 0 bridgehead atoms. The van der Waals surface area contributed by atoms with Crippen LogP contribution in [0.1, 0.15) is 90.7 Å². The summed E-state index contributed by atoms with van der Waals surface area (Å²) in [4.78, 5) is 48.6. The first kappa shape index (κ1) is 35.6. The molecule has 2 amide bonds. The summed E-state index contributed by atoms with van der Waals surface area (Å²) in [7, 11) is 0. The highest BCUT2D eigenvalue weighted by Gasteiger charge is 2.36. The summed E-state index contributed by atoms with van der Waals surface area (Å²) < 4.78 is 23.9. The average Bonchev–Trinajstić information content (AvgIpc) is 3.25. The van der Waals surface area contributed by atoms with Gasteiger partial charge in [0.15, 0.2) is 11.0 Å². The van der Waals surface area contributed by atoms with Crippen molar-refractivity contribution in [3.63, 3.8) is 0 Å². The second kappa shape index (κ2) is 14.1. The van der Waals surface area contributed by atoms with Gasteiger partial charge in [-0.05, 0) is 80.0 Å². The van der Waals surface area contributed by atoms with E-state index in [1.807, 2.05) is 20.8 Å². The molecule has 0 saturated heterocycles. The van der Waals surface area contributed by atoms with Crippen LogP contribution in [0, 0.1) is 6.92 Å². The van der Waals surface area contributed by atoms with Gasteiger partial charge in [0, 0.05) is 40.5 Å². The molecule has 0 saturated carbocycles. The van der Waals surface area contributed by atoms with E-state index in [0.717, 1.165) is 0 Å². The molecule has 0 aliphatic heterocycles. The molecule has 0 fully saturated rings. The first-order chi connectivity index (χ1) is 20.9. The van der Waals surface area contributed by atoms with Gasteiger partial charge < -0.3 is 18.9 Å². The highest BCUT2D eigenvalue weighted by molar-refractivity contribution is 6.34. The van der Waals surface area contributed by atoms with E-state index in [1.165, 1.54) is 12.3 Å². The van der Waals surface area contributed by atoms with Gasteiger partial charge in [-0.15, -0.1) is 0 Å². The molecule has 244 valence electrons. The number of imide groups is 1. The van der Waals surface area contributed by atoms with Crippen molar-refractivity contribution < 1.29 is 33.3 Å². The fourth-order valence-electron chi connectivity index (χ4n) is 4.41. The number of carbonyl (C=O) groups is 3. The average molecular weight is 664 g/mol.